The molecule has 0 aliphatic heterocycles. The Balaban J connectivity index is 3.18. The molecule has 0 fully saturated rings. The average molecular weight is 339 g/mol. The largest absolute Gasteiger partial charge is 0.416 e. The van der Waals surface area contributed by atoms with E-state index < -0.39 is 54.1 Å². The molecule has 1 nitrogen and oxygen atoms in total. The molecular weight excluding hydrogens is 329 g/mol. The molecule has 22 heavy (non-hydrogen) atoms. The first-order valence-corrected chi connectivity index (χ1v) is 5.82. The lowest BCUT2D eigenvalue weighted by Gasteiger charge is -2.18. The molecule has 0 saturated heterocycles. The molecule has 1 atom stereocenters. The zero-order valence-corrected chi connectivity index (χ0v) is 10.7. The van der Waals surface area contributed by atoms with Crippen LogP contribution in [0.1, 0.15) is 35.6 Å². The summed E-state index contributed by atoms with van der Waals surface area (Å²) in [5, 5.41) is 0. The second-order valence-corrected chi connectivity index (χ2v) is 4.60. The maximum absolute atomic E-state index is 12.6. The molecule has 0 aromatic heterocycles. The van der Waals surface area contributed by atoms with Gasteiger partial charge < -0.3 is 5.73 Å². The highest BCUT2D eigenvalue weighted by Crippen LogP contribution is 2.38. The molecule has 0 amide bonds. The van der Waals surface area contributed by atoms with Crippen LogP contribution in [0.15, 0.2) is 18.2 Å². The monoisotopic (exact) mass is 339 g/mol. The summed E-state index contributed by atoms with van der Waals surface area (Å²) in [6, 6.07) is -1.04. The highest BCUT2D eigenvalue weighted by molar-refractivity contribution is 5.35. The summed E-state index contributed by atoms with van der Waals surface area (Å²) in [5.41, 5.74) is 1.42. The maximum Gasteiger partial charge on any atom is 0.416 e. The van der Waals surface area contributed by atoms with Crippen molar-refractivity contribution in [1.29, 1.82) is 0 Å². The predicted octanol–water partition coefficient (Wildman–Crippen LogP) is 5.07. The van der Waals surface area contributed by atoms with E-state index in [9.17, 15) is 39.5 Å². The fraction of sp³-hybridized carbons (Fsp3) is 0.500. The average Bonchev–Trinajstić information content (AvgIpc) is 2.32. The van der Waals surface area contributed by atoms with E-state index >= 15 is 0 Å². The number of alkyl halides is 9. The lowest BCUT2D eigenvalue weighted by atomic mass is 9.97. The third-order valence-corrected chi connectivity index (χ3v) is 2.78. The van der Waals surface area contributed by atoms with Crippen LogP contribution in [0.3, 0.4) is 0 Å². The molecule has 1 aromatic carbocycles. The molecule has 1 rings (SSSR count). The van der Waals surface area contributed by atoms with Gasteiger partial charge in [0, 0.05) is 12.5 Å². The molecule has 0 aliphatic rings. The summed E-state index contributed by atoms with van der Waals surface area (Å²) in [6.45, 7) is 0. The van der Waals surface area contributed by atoms with Crippen LogP contribution < -0.4 is 5.73 Å². The topological polar surface area (TPSA) is 26.0 Å². The van der Waals surface area contributed by atoms with E-state index in [1.54, 1.807) is 0 Å². The molecule has 126 valence electrons. The van der Waals surface area contributed by atoms with Gasteiger partial charge in [-0.1, -0.05) is 0 Å². The van der Waals surface area contributed by atoms with Crippen molar-refractivity contribution in [3.8, 4) is 0 Å². The van der Waals surface area contributed by atoms with Crippen molar-refractivity contribution in [3.63, 3.8) is 0 Å². The summed E-state index contributed by atoms with van der Waals surface area (Å²) in [4.78, 5) is 0. The van der Waals surface area contributed by atoms with E-state index in [1.165, 1.54) is 0 Å². The summed E-state index contributed by atoms with van der Waals surface area (Å²) in [6.07, 6.45) is -17.0. The van der Waals surface area contributed by atoms with E-state index in [-0.39, 0.29) is 6.07 Å². The minimum atomic E-state index is -5.07. The number of hydrogen-bond donors (Lipinski definition) is 1. The van der Waals surface area contributed by atoms with E-state index in [4.69, 9.17) is 5.73 Å². The standard InChI is InChI=1S/C12H10F9N/c13-10(14,15)2-1-9(22)6-3-7(11(16,17)18)5-8(4-6)12(19,20)21/h3-5,9H,1-2,22H2/t9-/m1/s1. The Morgan fingerprint density at radius 3 is 1.50 bits per heavy atom. The van der Waals surface area contributed by atoms with Gasteiger partial charge in [0.05, 0.1) is 11.1 Å². The normalized spacial score (nSPS) is 15.0. The second kappa shape index (κ2) is 5.98. The van der Waals surface area contributed by atoms with Crippen molar-refractivity contribution in [3.05, 3.63) is 34.9 Å². The SMILES string of the molecule is N[C@H](CCC(F)(F)F)c1cc(C(F)(F)F)cc(C(F)(F)F)c1. The van der Waals surface area contributed by atoms with Crippen molar-refractivity contribution in [2.75, 3.05) is 0 Å². The number of nitrogens with two attached hydrogens (primary N) is 1. The van der Waals surface area contributed by atoms with Gasteiger partial charge >= 0.3 is 18.5 Å². The van der Waals surface area contributed by atoms with Crippen molar-refractivity contribution in [1.82, 2.24) is 0 Å². The van der Waals surface area contributed by atoms with Crippen molar-refractivity contribution in [2.45, 2.75) is 37.4 Å². The molecule has 0 spiro atoms. The lowest BCUT2D eigenvalue weighted by Crippen LogP contribution is -2.18. The van der Waals surface area contributed by atoms with Crippen LogP contribution in [0.5, 0.6) is 0 Å². The van der Waals surface area contributed by atoms with Gasteiger partial charge in [0.25, 0.3) is 0 Å². The maximum atomic E-state index is 12.6. The van der Waals surface area contributed by atoms with Gasteiger partial charge in [0.15, 0.2) is 0 Å². The predicted molar refractivity (Wildman–Crippen MR) is 58.7 cm³/mol. The molecule has 0 aliphatic carbocycles. The van der Waals surface area contributed by atoms with Crippen LogP contribution in [0.4, 0.5) is 39.5 Å². The van der Waals surface area contributed by atoms with Gasteiger partial charge in [-0.25, -0.2) is 0 Å². The van der Waals surface area contributed by atoms with E-state index in [1.807, 2.05) is 0 Å². The Kier molecular flexibility index (Phi) is 5.05. The molecule has 0 bridgehead atoms. The summed E-state index contributed by atoms with van der Waals surface area (Å²) in [5.74, 6) is 0. The minimum absolute atomic E-state index is 0.111. The summed E-state index contributed by atoms with van der Waals surface area (Å²) >= 11 is 0. The first-order valence-electron chi connectivity index (χ1n) is 5.82. The number of benzene rings is 1. The third-order valence-electron chi connectivity index (χ3n) is 2.78. The van der Waals surface area contributed by atoms with Crippen LogP contribution in [-0.2, 0) is 12.4 Å². The minimum Gasteiger partial charge on any atom is -0.324 e. The smallest absolute Gasteiger partial charge is 0.324 e. The molecule has 0 heterocycles. The zero-order chi connectivity index (χ0) is 17.3. The van der Waals surface area contributed by atoms with Crippen molar-refractivity contribution >= 4 is 0 Å². The van der Waals surface area contributed by atoms with Gasteiger partial charge in [-0.3, -0.25) is 0 Å². The lowest BCUT2D eigenvalue weighted by molar-refractivity contribution is -0.143. The Labute approximate surface area is 118 Å². The van der Waals surface area contributed by atoms with Crippen LogP contribution >= 0.6 is 0 Å². The molecule has 0 saturated carbocycles. The highest BCUT2D eigenvalue weighted by atomic mass is 19.4. The third kappa shape index (κ3) is 5.39. The van der Waals surface area contributed by atoms with E-state index in [0.29, 0.717) is 12.1 Å². The number of rotatable bonds is 3. The molecule has 1 aromatic rings. The van der Waals surface area contributed by atoms with E-state index in [0.717, 1.165) is 0 Å². The van der Waals surface area contributed by atoms with Crippen LogP contribution in [-0.4, -0.2) is 6.18 Å². The van der Waals surface area contributed by atoms with Crippen LogP contribution in [0.2, 0.25) is 0 Å². The van der Waals surface area contributed by atoms with Crippen molar-refractivity contribution in [2.24, 2.45) is 5.73 Å². The zero-order valence-electron chi connectivity index (χ0n) is 10.7. The van der Waals surface area contributed by atoms with Crippen molar-refractivity contribution < 1.29 is 39.5 Å². The first kappa shape index (κ1) is 18.6. The molecule has 2 N–H and O–H groups in total. The Morgan fingerprint density at radius 1 is 0.773 bits per heavy atom. The molecule has 0 unspecified atom stereocenters. The first-order chi connectivity index (χ1) is 9.70. The molecular formula is C12H10F9N. The second-order valence-electron chi connectivity index (χ2n) is 4.60. The Bertz CT molecular complexity index is 481. The highest BCUT2D eigenvalue weighted by Gasteiger charge is 2.37. The molecule has 10 heteroatoms. The van der Waals surface area contributed by atoms with Gasteiger partial charge in [-0.15, -0.1) is 0 Å². The Morgan fingerprint density at radius 2 is 1.18 bits per heavy atom. The van der Waals surface area contributed by atoms with Gasteiger partial charge in [-0.2, -0.15) is 39.5 Å². The van der Waals surface area contributed by atoms with Crippen LogP contribution in [0.25, 0.3) is 0 Å². The fourth-order valence-electron chi connectivity index (χ4n) is 1.68. The van der Waals surface area contributed by atoms with Crippen LogP contribution in [0, 0.1) is 0 Å². The fourth-order valence-corrected chi connectivity index (χ4v) is 1.68. The number of halogens is 9. The van der Waals surface area contributed by atoms with Gasteiger partial charge in [0.1, 0.15) is 0 Å². The number of hydrogen-bond acceptors (Lipinski definition) is 1. The molecule has 0 radical (unpaired) electrons. The van der Waals surface area contributed by atoms with E-state index in [2.05, 4.69) is 0 Å². The Hall–Kier alpha value is -1.45. The quantitative estimate of drug-likeness (QED) is 0.765. The van der Waals surface area contributed by atoms with Gasteiger partial charge in [-0.05, 0) is 30.2 Å². The summed E-state index contributed by atoms with van der Waals surface area (Å²) < 4.78 is 112. The van der Waals surface area contributed by atoms with Gasteiger partial charge in [0.2, 0.25) is 0 Å². The summed E-state index contributed by atoms with van der Waals surface area (Å²) in [7, 11) is 0.